The largest absolute Gasteiger partial charge is 0.309 e. The predicted octanol–water partition coefficient (Wildman–Crippen LogP) is 5.45. The van der Waals surface area contributed by atoms with E-state index in [1.54, 1.807) is 0 Å². The first-order valence-corrected chi connectivity index (χ1v) is 9.22. The van der Waals surface area contributed by atoms with Crippen molar-refractivity contribution in [1.82, 2.24) is 5.32 Å². The molecule has 1 atom stereocenters. The average Bonchev–Trinajstić information content (AvgIpc) is 2.53. The molecule has 112 valence electrons. The molecule has 3 heteroatoms. The Morgan fingerprint density at radius 2 is 1.90 bits per heavy atom. The Labute approximate surface area is 140 Å². The minimum absolute atomic E-state index is 0.388. The predicted molar refractivity (Wildman–Crippen MR) is 97.1 cm³/mol. The number of halogens is 1. The van der Waals surface area contributed by atoms with Crippen molar-refractivity contribution in [3.8, 4) is 0 Å². The Bertz CT molecular complexity index is 571. The molecular weight excluding hydrogens is 342 g/mol. The van der Waals surface area contributed by atoms with Gasteiger partial charge in [0.2, 0.25) is 0 Å². The van der Waals surface area contributed by atoms with E-state index in [0.29, 0.717) is 6.04 Å². The summed E-state index contributed by atoms with van der Waals surface area (Å²) in [5.74, 6) is 1.03. The third kappa shape index (κ3) is 4.87. The van der Waals surface area contributed by atoms with E-state index in [0.717, 1.165) is 18.7 Å². The van der Waals surface area contributed by atoms with E-state index < -0.39 is 0 Å². The van der Waals surface area contributed by atoms with Crippen molar-refractivity contribution in [2.75, 3.05) is 12.3 Å². The number of thioether (sulfide) groups is 1. The summed E-state index contributed by atoms with van der Waals surface area (Å²) < 4.78 is 1.17. The summed E-state index contributed by atoms with van der Waals surface area (Å²) >= 11 is 5.52. The third-order valence-electron chi connectivity index (χ3n) is 3.45. The summed E-state index contributed by atoms with van der Waals surface area (Å²) in [4.78, 5) is 1.30. The molecule has 1 N–H and O–H groups in total. The zero-order chi connectivity index (χ0) is 15.1. The summed E-state index contributed by atoms with van der Waals surface area (Å²) in [7, 11) is 0. The van der Waals surface area contributed by atoms with Gasteiger partial charge in [-0.2, -0.15) is 0 Å². The number of benzene rings is 2. The Morgan fingerprint density at radius 3 is 2.62 bits per heavy atom. The Kier molecular flexibility index (Phi) is 6.81. The van der Waals surface area contributed by atoms with Gasteiger partial charge in [-0.05, 0) is 52.2 Å². The van der Waals surface area contributed by atoms with Gasteiger partial charge in [-0.15, -0.1) is 11.8 Å². The maximum atomic E-state index is 3.62. The molecule has 0 spiro atoms. The fourth-order valence-electron chi connectivity index (χ4n) is 2.28. The van der Waals surface area contributed by atoms with Crippen molar-refractivity contribution in [3.05, 3.63) is 64.1 Å². The first kappa shape index (κ1) is 16.6. The van der Waals surface area contributed by atoms with E-state index in [2.05, 4.69) is 83.6 Å². The smallest absolute Gasteiger partial charge is 0.0415 e. The summed E-state index contributed by atoms with van der Waals surface area (Å²) in [5, 5.41) is 3.60. The first-order chi connectivity index (χ1) is 10.2. The quantitative estimate of drug-likeness (QED) is 0.655. The lowest BCUT2D eigenvalue weighted by atomic mass is 10.0. The molecule has 2 aromatic rings. The van der Waals surface area contributed by atoms with Crippen LogP contribution < -0.4 is 5.32 Å². The van der Waals surface area contributed by atoms with E-state index >= 15 is 0 Å². The molecule has 0 radical (unpaired) electrons. The van der Waals surface area contributed by atoms with Gasteiger partial charge in [-0.25, -0.2) is 0 Å². The van der Waals surface area contributed by atoms with Crippen LogP contribution in [0.15, 0.2) is 57.9 Å². The van der Waals surface area contributed by atoms with Crippen LogP contribution in [0.1, 0.15) is 31.0 Å². The van der Waals surface area contributed by atoms with Gasteiger partial charge in [-0.1, -0.05) is 50.2 Å². The summed E-state index contributed by atoms with van der Waals surface area (Å²) in [6.07, 6.45) is 1.09. The zero-order valence-electron chi connectivity index (χ0n) is 12.6. The molecule has 1 nitrogen and oxygen atoms in total. The van der Waals surface area contributed by atoms with Crippen LogP contribution in [0.5, 0.6) is 0 Å². The Hall–Kier alpha value is -0.770. The first-order valence-electron chi connectivity index (χ1n) is 7.44. The van der Waals surface area contributed by atoms with E-state index in [9.17, 15) is 0 Å². The molecule has 0 fully saturated rings. The van der Waals surface area contributed by atoms with Gasteiger partial charge in [0.05, 0.1) is 0 Å². The highest BCUT2D eigenvalue weighted by atomic mass is 79.9. The van der Waals surface area contributed by atoms with Crippen LogP contribution in [0.3, 0.4) is 0 Å². The van der Waals surface area contributed by atoms with Gasteiger partial charge in [0, 0.05) is 21.2 Å². The second-order valence-corrected chi connectivity index (χ2v) is 6.87. The number of aryl methyl sites for hydroxylation is 1. The van der Waals surface area contributed by atoms with Crippen molar-refractivity contribution < 1.29 is 0 Å². The second-order valence-electron chi connectivity index (χ2n) is 4.95. The maximum absolute atomic E-state index is 3.62. The molecule has 21 heavy (non-hydrogen) atoms. The SMILES string of the molecule is CCNC(CSc1ccccc1Br)c1cccc(CC)c1. The number of rotatable bonds is 7. The molecule has 0 bridgehead atoms. The third-order valence-corrected chi connectivity index (χ3v) is 5.58. The van der Waals surface area contributed by atoms with E-state index in [-0.39, 0.29) is 0 Å². The highest BCUT2D eigenvalue weighted by molar-refractivity contribution is 9.10. The molecule has 0 saturated carbocycles. The van der Waals surface area contributed by atoms with Crippen LogP contribution in [0.2, 0.25) is 0 Å². The lowest BCUT2D eigenvalue weighted by Gasteiger charge is -2.19. The average molecular weight is 364 g/mol. The van der Waals surface area contributed by atoms with Gasteiger partial charge < -0.3 is 5.32 Å². The van der Waals surface area contributed by atoms with Crippen LogP contribution in [0.25, 0.3) is 0 Å². The molecule has 0 aromatic heterocycles. The molecule has 0 aliphatic rings. The van der Waals surface area contributed by atoms with E-state index in [4.69, 9.17) is 0 Å². The van der Waals surface area contributed by atoms with Crippen molar-refractivity contribution in [2.45, 2.75) is 31.2 Å². The van der Waals surface area contributed by atoms with Crippen LogP contribution in [-0.2, 0) is 6.42 Å². The van der Waals surface area contributed by atoms with Crippen molar-refractivity contribution in [2.24, 2.45) is 0 Å². The number of hydrogen-bond acceptors (Lipinski definition) is 2. The minimum Gasteiger partial charge on any atom is -0.309 e. The molecule has 0 saturated heterocycles. The van der Waals surface area contributed by atoms with Gasteiger partial charge in [-0.3, -0.25) is 0 Å². The topological polar surface area (TPSA) is 12.0 Å². The molecular formula is C18H22BrNS. The lowest BCUT2D eigenvalue weighted by molar-refractivity contribution is 0.605. The van der Waals surface area contributed by atoms with E-state index in [1.807, 2.05) is 11.8 Å². The second kappa shape index (κ2) is 8.62. The van der Waals surface area contributed by atoms with Crippen molar-refractivity contribution in [3.63, 3.8) is 0 Å². The number of nitrogens with one attached hydrogen (secondary N) is 1. The molecule has 0 heterocycles. The fraction of sp³-hybridized carbons (Fsp3) is 0.333. The van der Waals surface area contributed by atoms with Gasteiger partial charge in [0.25, 0.3) is 0 Å². The molecule has 2 aromatic carbocycles. The van der Waals surface area contributed by atoms with E-state index in [1.165, 1.54) is 20.5 Å². The maximum Gasteiger partial charge on any atom is 0.0415 e. The van der Waals surface area contributed by atoms with Gasteiger partial charge in [0.1, 0.15) is 0 Å². The summed E-state index contributed by atoms with van der Waals surface area (Å²) in [5.41, 5.74) is 2.79. The number of hydrogen-bond donors (Lipinski definition) is 1. The molecule has 0 aliphatic heterocycles. The van der Waals surface area contributed by atoms with Crippen LogP contribution in [0.4, 0.5) is 0 Å². The monoisotopic (exact) mass is 363 g/mol. The highest BCUT2D eigenvalue weighted by Gasteiger charge is 2.12. The molecule has 0 amide bonds. The highest BCUT2D eigenvalue weighted by Crippen LogP contribution is 2.30. The normalized spacial score (nSPS) is 12.3. The fourth-order valence-corrected chi connectivity index (χ4v) is 3.95. The molecule has 2 rings (SSSR count). The van der Waals surface area contributed by atoms with Gasteiger partial charge in [0.15, 0.2) is 0 Å². The molecule has 0 aliphatic carbocycles. The van der Waals surface area contributed by atoms with Crippen molar-refractivity contribution >= 4 is 27.7 Å². The zero-order valence-corrected chi connectivity index (χ0v) is 15.0. The van der Waals surface area contributed by atoms with Gasteiger partial charge >= 0.3 is 0 Å². The van der Waals surface area contributed by atoms with Crippen molar-refractivity contribution in [1.29, 1.82) is 0 Å². The lowest BCUT2D eigenvalue weighted by Crippen LogP contribution is -2.23. The summed E-state index contributed by atoms with van der Waals surface area (Å²) in [6, 6.07) is 17.7. The Balaban J connectivity index is 2.10. The summed E-state index contributed by atoms with van der Waals surface area (Å²) in [6.45, 7) is 5.36. The minimum atomic E-state index is 0.388. The van der Waals surface area contributed by atoms with Crippen LogP contribution in [-0.4, -0.2) is 12.3 Å². The molecule has 1 unspecified atom stereocenters. The van der Waals surface area contributed by atoms with Crippen LogP contribution >= 0.6 is 27.7 Å². The van der Waals surface area contributed by atoms with Crippen LogP contribution in [0, 0.1) is 0 Å². The standard InChI is InChI=1S/C18H22BrNS/c1-3-14-8-7-9-15(12-14)17(20-4-2)13-21-18-11-6-5-10-16(18)19/h5-12,17,20H,3-4,13H2,1-2H3. The Morgan fingerprint density at radius 1 is 1.10 bits per heavy atom.